The number of hydrogen-bond acceptors (Lipinski definition) is 1. The van der Waals surface area contributed by atoms with Gasteiger partial charge in [-0.1, -0.05) is 90.5 Å². The monoisotopic (exact) mass is 532 g/mol. The van der Waals surface area contributed by atoms with Gasteiger partial charge < -0.3 is 17.3 Å². The molecule has 0 amide bonds. The van der Waals surface area contributed by atoms with Crippen LogP contribution < -0.4 is 4.68 Å². The summed E-state index contributed by atoms with van der Waals surface area (Å²) in [5.41, 5.74) is 7.52. The van der Waals surface area contributed by atoms with E-state index in [1.54, 1.807) is 0 Å². The van der Waals surface area contributed by atoms with E-state index >= 15 is 0 Å². The Morgan fingerprint density at radius 3 is 1.37 bits per heavy atom. The van der Waals surface area contributed by atoms with Crippen molar-refractivity contribution in [3.05, 3.63) is 138 Å². The third-order valence-corrected chi connectivity index (χ3v) is 5.73. The van der Waals surface area contributed by atoms with Crippen LogP contribution >= 0.6 is 11.6 Å². The normalized spacial score (nSPS) is 11.2. The van der Waals surface area contributed by atoms with Crippen LogP contribution in [0.25, 0.3) is 33.6 Å². The predicted molar refractivity (Wildman–Crippen MR) is 148 cm³/mol. The van der Waals surface area contributed by atoms with Crippen molar-refractivity contribution in [2.45, 2.75) is 0 Å². The molecule has 0 aliphatic carbocycles. The third-order valence-electron chi connectivity index (χ3n) is 5.48. The number of nitrogens with zero attached hydrogens (tertiary/aromatic N) is 2. The van der Waals surface area contributed by atoms with E-state index in [1.807, 2.05) is 53.4 Å². The van der Waals surface area contributed by atoms with E-state index in [-0.39, 0.29) is 0 Å². The number of benzene rings is 4. The lowest BCUT2D eigenvalue weighted by molar-refractivity contribution is -0.656. The first-order chi connectivity index (χ1) is 18.3. The first-order valence-corrected chi connectivity index (χ1v) is 12.1. The van der Waals surface area contributed by atoms with E-state index in [4.69, 9.17) is 16.7 Å². The van der Waals surface area contributed by atoms with E-state index in [0.717, 1.165) is 33.6 Å². The summed E-state index contributed by atoms with van der Waals surface area (Å²) in [5.74, 6) is 0. The second-order valence-electron chi connectivity index (χ2n) is 8.22. The van der Waals surface area contributed by atoms with Crippen LogP contribution in [0.2, 0.25) is 5.02 Å². The Kier molecular flexibility index (Phi) is 8.71. The zero-order valence-corrected chi connectivity index (χ0v) is 20.8. The summed E-state index contributed by atoms with van der Waals surface area (Å²) in [6.45, 7) is 0. The smallest absolute Gasteiger partial charge is 0.418 e. The molecular weight excluding hydrogens is 511 g/mol. The lowest BCUT2D eigenvalue weighted by Crippen LogP contribution is -2.34. The largest absolute Gasteiger partial charge is 0.673 e. The van der Waals surface area contributed by atoms with Gasteiger partial charge in [-0.3, -0.25) is 0 Å². The van der Waals surface area contributed by atoms with Crippen molar-refractivity contribution in [3.8, 4) is 33.6 Å². The standard InChI is InChI=1S/C30H22ClN2.BF4/c31-28-18-16-23(17-19-28)22-32-33-29(25-12-6-2-7-13-25)20-27(24-10-4-1-5-11-24)21-30(33)26-14-8-3-9-15-26;2-1(3,4)5/h1-22H;/q+1;-1/b32-22+;. The molecule has 0 atom stereocenters. The molecule has 5 aromatic rings. The fraction of sp³-hybridized carbons (Fsp3) is 0. The second kappa shape index (κ2) is 12.3. The maximum Gasteiger partial charge on any atom is 0.673 e. The minimum Gasteiger partial charge on any atom is -0.418 e. The average Bonchev–Trinajstić information content (AvgIpc) is 2.93. The minimum atomic E-state index is -6.00. The molecule has 8 heteroatoms. The van der Waals surface area contributed by atoms with E-state index in [2.05, 4.69) is 84.9 Å². The van der Waals surface area contributed by atoms with Gasteiger partial charge in [-0.25, -0.2) is 0 Å². The molecule has 0 unspecified atom stereocenters. The molecule has 0 N–H and O–H groups in total. The molecule has 0 radical (unpaired) electrons. The highest BCUT2D eigenvalue weighted by Crippen LogP contribution is 2.29. The van der Waals surface area contributed by atoms with Gasteiger partial charge in [0.25, 0.3) is 0 Å². The Bertz CT molecular complexity index is 1430. The fourth-order valence-electron chi connectivity index (χ4n) is 3.81. The molecule has 1 heterocycles. The number of halogens is 5. The summed E-state index contributed by atoms with van der Waals surface area (Å²) in [5, 5.41) is 5.65. The second-order valence-corrected chi connectivity index (χ2v) is 8.65. The van der Waals surface area contributed by atoms with Gasteiger partial charge in [0, 0.05) is 28.3 Å². The highest BCUT2D eigenvalue weighted by atomic mass is 35.5. The van der Waals surface area contributed by atoms with Crippen molar-refractivity contribution in [3.63, 3.8) is 0 Å². The van der Waals surface area contributed by atoms with Crippen LogP contribution in [0.15, 0.2) is 132 Å². The molecule has 190 valence electrons. The van der Waals surface area contributed by atoms with Crippen LogP contribution in [0.5, 0.6) is 0 Å². The summed E-state index contributed by atoms with van der Waals surface area (Å²) in [7, 11) is -6.00. The zero-order valence-electron chi connectivity index (χ0n) is 20.1. The number of aromatic nitrogens is 1. The summed E-state index contributed by atoms with van der Waals surface area (Å²) < 4.78 is 41.0. The molecule has 4 aromatic carbocycles. The summed E-state index contributed by atoms with van der Waals surface area (Å²) in [6.07, 6.45) is 1.87. The molecule has 0 spiro atoms. The van der Waals surface area contributed by atoms with E-state index < -0.39 is 7.25 Å². The maximum atomic E-state index is 9.75. The molecule has 5 rings (SSSR count). The highest BCUT2D eigenvalue weighted by molar-refractivity contribution is 6.50. The van der Waals surface area contributed by atoms with Crippen LogP contribution in [0, 0.1) is 0 Å². The molecule has 0 saturated carbocycles. The summed E-state index contributed by atoms with van der Waals surface area (Å²) in [4.78, 5) is 0. The minimum absolute atomic E-state index is 0.710. The molecule has 0 aliphatic rings. The van der Waals surface area contributed by atoms with Crippen LogP contribution in [0.1, 0.15) is 5.56 Å². The van der Waals surface area contributed by atoms with Gasteiger partial charge in [-0.05, 0) is 62.9 Å². The first kappa shape index (κ1) is 26.8. The van der Waals surface area contributed by atoms with Gasteiger partial charge in [0.1, 0.15) is 6.21 Å². The van der Waals surface area contributed by atoms with Gasteiger partial charge >= 0.3 is 7.25 Å². The van der Waals surface area contributed by atoms with Crippen molar-refractivity contribution in [2.24, 2.45) is 5.10 Å². The van der Waals surface area contributed by atoms with Gasteiger partial charge in [0.2, 0.25) is 11.4 Å². The lowest BCUT2D eigenvalue weighted by Gasteiger charge is -2.09. The van der Waals surface area contributed by atoms with Crippen molar-refractivity contribution in [1.29, 1.82) is 0 Å². The average molecular weight is 533 g/mol. The number of pyridine rings is 1. The Morgan fingerprint density at radius 1 is 0.553 bits per heavy atom. The van der Waals surface area contributed by atoms with E-state index in [0.29, 0.717) is 5.02 Å². The van der Waals surface area contributed by atoms with Crippen LogP contribution in [-0.4, -0.2) is 13.5 Å². The van der Waals surface area contributed by atoms with Crippen molar-refractivity contribution in [2.75, 3.05) is 0 Å². The van der Waals surface area contributed by atoms with E-state index in [9.17, 15) is 17.3 Å². The number of rotatable bonds is 5. The molecule has 0 bridgehead atoms. The van der Waals surface area contributed by atoms with Crippen LogP contribution in [-0.2, 0) is 0 Å². The first-order valence-electron chi connectivity index (χ1n) is 11.7. The summed E-state index contributed by atoms with van der Waals surface area (Å²) in [6, 6.07) is 43.3. The van der Waals surface area contributed by atoms with E-state index in [1.165, 1.54) is 5.56 Å². The van der Waals surface area contributed by atoms with Gasteiger partial charge in [-0.15, -0.1) is 0 Å². The molecule has 0 fully saturated rings. The van der Waals surface area contributed by atoms with Gasteiger partial charge in [-0.2, -0.15) is 0 Å². The van der Waals surface area contributed by atoms with Crippen molar-refractivity contribution in [1.82, 2.24) is 0 Å². The molecular formula is C30H22BClF4N2. The molecule has 2 nitrogen and oxygen atoms in total. The van der Waals surface area contributed by atoms with Crippen molar-refractivity contribution < 1.29 is 21.9 Å². The van der Waals surface area contributed by atoms with Gasteiger partial charge in [0.05, 0.1) is 0 Å². The maximum absolute atomic E-state index is 9.75. The summed E-state index contributed by atoms with van der Waals surface area (Å²) >= 11 is 6.07. The molecule has 0 saturated heterocycles. The Morgan fingerprint density at radius 2 is 0.947 bits per heavy atom. The van der Waals surface area contributed by atoms with Crippen molar-refractivity contribution >= 4 is 25.1 Å². The Labute approximate surface area is 223 Å². The fourth-order valence-corrected chi connectivity index (χ4v) is 3.94. The van der Waals surface area contributed by atoms with Crippen LogP contribution in [0.4, 0.5) is 17.3 Å². The lowest BCUT2D eigenvalue weighted by atomic mass is 10.00. The quantitative estimate of drug-likeness (QED) is 0.0931. The zero-order chi connectivity index (χ0) is 27.0. The molecule has 38 heavy (non-hydrogen) atoms. The van der Waals surface area contributed by atoms with Crippen LogP contribution in [0.3, 0.4) is 0 Å². The van der Waals surface area contributed by atoms with Gasteiger partial charge in [0.15, 0.2) is 0 Å². The SMILES string of the molecule is Clc1ccc(/C=N/[n+]2c(-c3ccccc3)cc(-c3ccccc3)cc2-c2ccccc2)cc1.F[B-](F)(F)F. The number of hydrogen-bond donors (Lipinski definition) is 0. The Balaban J connectivity index is 0.000000617. The highest BCUT2D eigenvalue weighted by Gasteiger charge is 2.23. The topological polar surface area (TPSA) is 16.2 Å². The third kappa shape index (κ3) is 7.64. The predicted octanol–water partition coefficient (Wildman–Crippen LogP) is 8.81. The molecule has 1 aromatic heterocycles. The molecule has 0 aliphatic heterocycles. The Hall–Kier alpha value is -4.23.